The van der Waals surface area contributed by atoms with Gasteiger partial charge in [0.25, 0.3) is 0 Å². The van der Waals surface area contributed by atoms with Gasteiger partial charge in [0.15, 0.2) is 0 Å². The molecule has 0 bridgehead atoms. The number of hydrogen-bond donors (Lipinski definition) is 7. The lowest BCUT2D eigenvalue weighted by Gasteiger charge is -2.27. The molecular formula is C28H38N4O7. The number of aromatic hydroxyl groups is 2. The quantitative estimate of drug-likeness (QED) is 0.195. The second-order valence-corrected chi connectivity index (χ2v) is 10.2. The summed E-state index contributed by atoms with van der Waals surface area (Å²) in [5, 5.41) is 36.3. The summed E-state index contributed by atoms with van der Waals surface area (Å²) in [5.41, 5.74) is 7.41. The van der Waals surface area contributed by atoms with E-state index in [0.29, 0.717) is 5.56 Å². The zero-order valence-electron chi connectivity index (χ0n) is 22.5. The van der Waals surface area contributed by atoms with Crippen LogP contribution < -0.4 is 21.7 Å². The van der Waals surface area contributed by atoms with Crippen LogP contribution in [-0.4, -0.2) is 63.2 Å². The van der Waals surface area contributed by atoms with E-state index in [9.17, 15) is 34.5 Å². The average molecular weight is 543 g/mol. The predicted octanol–water partition coefficient (Wildman–Crippen LogP) is 1.06. The number of aliphatic carboxylic acids is 1. The van der Waals surface area contributed by atoms with Gasteiger partial charge in [-0.15, -0.1) is 0 Å². The second-order valence-electron chi connectivity index (χ2n) is 10.2. The minimum Gasteiger partial charge on any atom is -0.508 e. The number of amides is 3. The average Bonchev–Trinajstić information content (AvgIpc) is 2.86. The SMILES string of the molecule is CC(C)C(NC(=O)C(Cc1ccc(O)cc1)NC(=O)C(NC(=O)C(N)Cc1ccc(O)cc1)C(C)C)C(=O)O. The van der Waals surface area contributed by atoms with Crippen molar-refractivity contribution in [2.24, 2.45) is 17.6 Å². The summed E-state index contributed by atoms with van der Waals surface area (Å²) in [6, 6.07) is 7.97. The summed E-state index contributed by atoms with van der Waals surface area (Å²) in [6.45, 7) is 6.76. The third-order valence-corrected chi connectivity index (χ3v) is 6.22. The first-order valence-electron chi connectivity index (χ1n) is 12.7. The van der Waals surface area contributed by atoms with Gasteiger partial charge < -0.3 is 37.0 Å². The summed E-state index contributed by atoms with van der Waals surface area (Å²) in [4.78, 5) is 51.0. The van der Waals surface area contributed by atoms with Crippen molar-refractivity contribution in [2.75, 3.05) is 0 Å². The van der Waals surface area contributed by atoms with E-state index >= 15 is 0 Å². The molecule has 0 saturated heterocycles. The summed E-state index contributed by atoms with van der Waals surface area (Å²) in [5.74, 6) is -3.77. The number of phenolic OH excluding ortho intramolecular Hbond substituents is 2. The topological polar surface area (TPSA) is 191 Å². The molecule has 11 heteroatoms. The van der Waals surface area contributed by atoms with Crippen LogP contribution in [0.1, 0.15) is 38.8 Å². The molecule has 0 spiro atoms. The molecule has 212 valence electrons. The third kappa shape index (κ3) is 9.60. The lowest BCUT2D eigenvalue weighted by Crippen LogP contribution is -2.59. The summed E-state index contributed by atoms with van der Waals surface area (Å²) >= 11 is 0. The first kappa shape index (κ1) is 31.1. The fraction of sp³-hybridized carbons (Fsp3) is 0.429. The molecule has 0 aliphatic carbocycles. The largest absolute Gasteiger partial charge is 0.508 e. The van der Waals surface area contributed by atoms with E-state index in [2.05, 4.69) is 16.0 Å². The smallest absolute Gasteiger partial charge is 0.326 e. The zero-order valence-corrected chi connectivity index (χ0v) is 22.5. The van der Waals surface area contributed by atoms with Gasteiger partial charge in [-0.3, -0.25) is 14.4 Å². The van der Waals surface area contributed by atoms with Gasteiger partial charge in [0.2, 0.25) is 17.7 Å². The number of nitrogens with two attached hydrogens (primary N) is 1. The van der Waals surface area contributed by atoms with Crippen molar-refractivity contribution in [3.05, 3.63) is 59.7 Å². The van der Waals surface area contributed by atoms with Crippen molar-refractivity contribution in [3.63, 3.8) is 0 Å². The minimum atomic E-state index is -1.21. The predicted molar refractivity (Wildman–Crippen MR) is 145 cm³/mol. The molecule has 0 radical (unpaired) electrons. The van der Waals surface area contributed by atoms with Gasteiger partial charge >= 0.3 is 5.97 Å². The normalized spacial score (nSPS) is 14.2. The maximum absolute atomic E-state index is 13.3. The maximum Gasteiger partial charge on any atom is 0.326 e. The standard InChI is InChI=1S/C28H38N4O7/c1-15(2)23(31-25(35)21(29)13-17-5-9-19(33)10-6-17)27(37)30-22(14-18-7-11-20(34)12-8-18)26(36)32-24(16(3)4)28(38)39/h5-12,15-16,21-24,33-34H,13-14,29H2,1-4H3,(H,30,37)(H,31,35)(H,32,36)(H,38,39). The highest BCUT2D eigenvalue weighted by atomic mass is 16.4. The highest BCUT2D eigenvalue weighted by molar-refractivity contribution is 5.94. The van der Waals surface area contributed by atoms with Crippen molar-refractivity contribution < 1.29 is 34.5 Å². The number of benzene rings is 2. The van der Waals surface area contributed by atoms with Crippen molar-refractivity contribution in [1.82, 2.24) is 16.0 Å². The van der Waals surface area contributed by atoms with E-state index in [4.69, 9.17) is 5.73 Å². The lowest BCUT2D eigenvalue weighted by molar-refractivity contribution is -0.143. The Kier molecular flexibility index (Phi) is 11.3. The Hall–Kier alpha value is -4.12. The van der Waals surface area contributed by atoms with E-state index in [1.807, 2.05) is 0 Å². The van der Waals surface area contributed by atoms with Crippen LogP contribution in [0.2, 0.25) is 0 Å². The Morgan fingerprint density at radius 3 is 1.54 bits per heavy atom. The Morgan fingerprint density at radius 2 is 1.10 bits per heavy atom. The molecule has 2 aromatic rings. The Balaban J connectivity index is 2.19. The van der Waals surface area contributed by atoms with Gasteiger partial charge in [-0.1, -0.05) is 52.0 Å². The van der Waals surface area contributed by atoms with Gasteiger partial charge in [-0.2, -0.15) is 0 Å². The molecule has 2 aromatic carbocycles. The molecule has 0 heterocycles. The zero-order chi connectivity index (χ0) is 29.3. The first-order chi connectivity index (χ1) is 18.3. The number of carbonyl (C=O) groups is 4. The molecule has 11 nitrogen and oxygen atoms in total. The fourth-order valence-electron chi connectivity index (χ4n) is 3.88. The summed E-state index contributed by atoms with van der Waals surface area (Å²) in [7, 11) is 0. The van der Waals surface area contributed by atoms with Gasteiger partial charge in [-0.05, 0) is 53.6 Å². The van der Waals surface area contributed by atoms with Crippen LogP contribution in [0.5, 0.6) is 11.5 Å². The Morgan fingerprint density at radius 1 is 0.667 bits per heavy atom. The minimum absolute atomic E-state index is 0.0153. The lowest BCUT2D eigenvalue weighted by atomic mass is 9.99. The summed E-state index contributed by atoms with van der Waals surface area (Å²) in [6.07, 6.45) is 0.192. The van der Waals surface area contributed by atoms with Gasteiger partial charge in [0.1, 0.15) is 29.6 Å². The fourth-order valence-corrected chi connectivity index (χ4v) is 3.88. The number of phenols is 2. The van der Waals surface area contributed by atoms with Crippen molar-refractivity contribution in [3.8, 4) is 11.5 Å². The van der Waals surface area contributed by atoms with Crippen LogP contribution in [-0.2, 0) is 32.0 Å². The molecule has 2 rings (SSSR count). The van der Waals surface area contributed by atoms with Crippen LogP contribution >= 0.6 is 0 Å². The number of nitrogens with one attached hydrogen (secondary N) is 3. The van der Waals surface area contributed by atoms with Crippen LogP contribution in [0.15, 0.2) is 48.5 Å². The number of carboxylic acid groups (broad SMARTS) is 1. The molecule has 4 unspecified atom stereocenters. The van der Waals surface area contributed by atoms with E-state index in [-0.39, 0.29) is 30.3 Å². The van der Waals surface area contributed by atoms with Crippen LogP contribution in [0.4, 0.5) is 0 Å². The number of carboxylic acids is 1. The highest BCUT2D eigenvalue weighted by Crippen LogP contribution is 2.14. The maximum atomic E-state index is 13.3. The van der Waals surface area contributed by atoms with Crippen molar-refractivity contribution in [1.29, 1.82) is 0 Å². The first-order valence-corrected chi connectivity index (χ1v) is 12.7. The molecule has 3 amide bonds. The van der Waals surface area contributed by atoms with Crippen LogP contribution in [0.25, 0.3) is 0 Å². The van der Waals surface area contributed by atoms with Crippen LogP contribution in [0.3, 0.4) is 0 Å². The van der Waals surface area contributed by atoms with Crippen molar-refractivity contribution >= 4 is 23.7 Å². The molecule has 0 aliphatic rings. The number of rotatable bonds is 13. The summed E-state index contributed by atoms with van der Waals surface area (Å²) < 4.78 is 0. The highest BCUT2D eigenvalue weighted by Gasteiger charge is 2.32. The molecular weight excluding hydrogens is 504 g/mol. The Labute approximate surface area is 227 Å². The van der Waals surface area contributed by atoms with Crippen molar-refractivity contribution in [2.45, 2.75) is 64.7 Å². The van der Waals surface area contributed by atoms with E-state index in [0.717, 1.165) is 5.56 Å². The molecule has 0 fully saturated rings. The second kappa shape index (κ2) is 14.1. The third-order valence-electron chi connectivity index (χ3n) is 6.22. The van der Waals surface area contributed by atoms with Gasteiger partial charge in [0, 0.05) is 6.42 Å². The van der Waals surface area contributed by atoms with Gasteiger partial charge in [-0.25, -0.2) is 4.79 Å². The van der Waals surface area contributed by atoms with E-state index in [1.165, 1.54) is 24.3 Å². The molecule has 8 N–H and O–H groups in total. The molecule has 0 saturated carbocycles. The molecule has 0 aliphatic heterocycles. The Bertz CT molecular complexity index is 1130. The number of carbonyl (C=O) groups excluding carboxylic acids is 3. The van der Waals surface area contributed by atoms with E-state index in [1.54, 1.807) is 52.0 Å². The van der Waals surface area contributed by atoms with Crippen LogP contribution in [0, 0.1) is 11.8 Å². The molecule has 4 atom stereocenters. The molecule has 0 aromatic heterocycles. The number of hydrogen-bond acceptors (Lipinski definition) is 7. The van der Waals surface area contributed by atoms with Gasteiger partial charge in [0.05, 0.1) is 6.04 Å². The monoisotopic (exact) mass is 542 g/mol. The van der Waals surface area contributed by atoms with E-state index < -0.39 is 53.8 Å². The molecule has 39 heavy (non-hydrogen) atoms.